The Hall–Kier alpha value is -0.627. The van der Waals surface area contributed by atoms with Crippen molar-refractivity contribution in [2.45, 2.75) is 6.92 Å². The van der Waals surface area contributed by atoms with E-state index in [1.807, 2.05) is 24.3 Å². The Balaban J connectivity index is 0.000000244. The van der Waals surface area contributed by atoms with Crippen molar-refractivity contribution in [2.24, 2.45) is 0 Å². The van der Waals surface area contributed by atoms with Gasteiger partial charge in [0.15, 0.2) is 0 Å². The average Bonchev–Trinajstić information content (AvgIpc) is 2.34. The van der Waals surface area contributed by atoms with Crippen LogP contribution in [0, 0.1) is 6.92 Å². The minimum atomic E-state index is 1.26. The van der Waals surface area contributed by atoms with Gasteiger partial charge in [-0.05, 0) is 19.8 Å². The molecule has 0 atom stereocenters. The fourth-order valence-corrected chi connectivity index (χ4v) is 1.58. The zero-order valence-electron chi connectivity index (χ0n) is 9.38. The van der Waals surface area contributed by atoms with Gasteiger partial charge in [-0.3, -0.25) is 0 Å². The number of rotatable bonds is 0. The second-order valence-corrected chi connectivity index (χ2v) is 4.85. The van der Waals surface area contributed by atoms with Gasteiger partial charge < -0.3 is 4.55 Å². The molecular formula is C13H15OSZn. The molecule has 0 aliphatic carbocycles. The van der Waals surface area contributed by atoms with Gasteiger partial charge in [-0.15, -0.1) is 0 Å². The van der Waals surface area contributed by atoms with Crippen molar-refractivity contribution in [2.75, 3.05) is 0 Å². The van der Waals surface area contributed by atoms with E-state index in [-0.39, 0.29) is 0 Å². The summed E-state index contributed by atoms with van der Waals surface area (Å²) in [5.74, 6) is 0. The third-order valence-corrected chi connectivity index (χ3v) is 2.77. The van der Waals surface area contributed by atoms with Crippen LogP contribution in [0.4, 0.5) is 0 Å². The summed E-state index contributed by atoms with van der Waals surface area (Å²) in [5.41, 5.74) is 1.32. The summed E-state index contributed by atoms with van der Waals surface area (Å²) in [5, 5.41) is 0. The third kappa shape index (κ3) is 8.66. The molecule has 1 nitrogen and oxygen atoms in total. The molecule has 0 radical (unpaired) electrons. The van der Waals surface area contributed by atoms with E-state index in [9.17, 15) is 0 Å². The van der Waals surface area contributed by atoms with Gasteiger partial charge in [0.2, 0.25) is 0 Å². The number of thiol groups is 1. The van der Waals surface area contributed by atoms with Crippen molar-refractivity contribution >= 4 is 17.1 Å². The molecular weight excluding hydrogens is 270 g/mol. The minimum absolute atomic E-state index is 1.26. The monoisotopic (exact) mass is 283 g/mol. The number of benzene rings is 2. The Bertz CT molecular complexity index is 313. The van der Waals surface area contributed by atoms with Crippen LogP contribution in [-0.4, -0.2) is 4.55 Å². The molecule has 3 heteroatoms. The molecule has 0 aliphatic heterocycles. The molecule has 2 rings (SSSR count). The van der Waals surface area contributed by atoms with Gasteiger partial charge in [-0.1, -0.05) is 35.9 Å². The van der Waals surface area contributed by atoms with E-state index in [2.05, 4.69) is 56.2 Å². The molecule has 0 bridgehead atoms. The summed E-state index contributed by atoms with van der Waals surface area (Å²) >= 11 is 3.79. The molecule has 0 aliphatic rings. The van der Waals surface area contributed by atoms with Crippen LogP contribution in [0.15, 0.2) is 60.7 Å². The summed E-state index contributed by atoms with van der Waals surface area (Å²) in [7, 11) is 0. The second kappa shape index (κ2) is 10.9. The Morgan fingerprint density at radius 1 is 0.812 bits per heavy atom. The van der Waals surface area contributed by atoms with Crippen LogP contribution in [0.25, 0.3) is 0 Å². The summed E-state index contributed by atoms with van der Waals surface area (Å²) in [4.78, 5) is 0. The van der Waals surface area contributed by atoms with Crippen molar-refractivity contribution in [3.8, 4) is 0 Å². The molecule has 2 aromatic rings. The first kappa shape index (κ1) is 15.4. The fourth-order valence-electron chi connectivity index (χ4n) is 1.01. The van der Waals surface area contributed by atoms with Crippen LogP contribution in [0.2, 0.25) is 0 Å². The molecule has 0 heterocycles. The van der Waals surface area contributed by atoms with E-state index >= 15 is 0 Å². The Morgan fingerprint density at radius 3 is 1.38 bits per heavy atom. The maximum atomic E-state index is 6.69. The maximum absolute atomic E-state index is 6.69. The SMILES string of the molecule is Cc1ccccc1.OS.[Zn][c]1ccccc1. The predicted molar refractivity (Wildman–Crippen MR) is 68.9 cm³/mol. The van der Waals surface area contributed by atoms with Crippen molar-refractivity contribution in [1.82, 2.24) is 0 Å². The molecule has 0 saturated carbocycles. The molecule has 2 aromatic carbocycles. The predicted octanol–water partition coefficient (Wildman–Crippen LogP) is 3.24. The van der Waals surface area contributed by atoms with E-state index in [4.69, 9.17) is 4.55 Å². The third-order valence-electron chi connectivity index (χ3n) is 1.78. The molecule has 81 valence electrons. The quantitative estimate of drug-likeness (QED) is 0.432. The molecule has 0 fully saturated rings. The second-order valence-electron chi connectivity index (χ2n) is 3.14. The van der Waals surface area contributed by atoms with Gasteiger partial charge in [-0.2, -0.15) is 0 Å². The summed E-state index contributed by atoms with van der Waals surface area (Å²) in [6.07, 6.45) is 0. The first-order valence-corrected chi connectivity index (χ1v) is 6.76. The van der Waals surface area contributed by atoms with Crippen LogP contribution >= 0.6 is 12.9 Å². The van der Waals surface area contributed by atoms with E-state index in [0.717, 1.165) is 0 Å². The van der Waals surface area contributed by atoms with Gasteiger partial charge in [0.1, 0.15) is 0 Å². The Labute approximate surface area is 113 Å². The standard InChI is InChI=1S/C7H8.C6H5.H2OS.Zn/c1-7-5-3-2-4-6-7;1-2-4-6-5-3-1;1-2;/h2-6H,1H3;1-5H;1-2H;. The van der Waals surface area contributed by atoms with Gasteiger partial charge in [-0.25, -0.2) is 0 Å². The zero-order chi connectivity index (χ0) is 12.2. The fraction of sp³-hybridized carbons (Fsp3) is 0.0769. The first-order chi connectivity index (χ1) is 7.79. The summed E-state index contributed by atoms with van der Waals surface area (Å²) < 4.78 is 8.14. The topological polar surface area (TPSA) is 20.2 Å². The molecule has 0 amide bonds. The number of aryl methyl sites for hydroxylation is 1. The number of hydrogen-bond donors (Lipinski definition) is 2. The average molecular weight is 285 g/mol. The van der Waals surface area contributed by atoms with Crippen LogP contribution in [-0.2, 0) is 18.3 Å². The zero-order valence-corrected chi connectivity index (χ0v) is 13.2. The normalized spacial score (nSPS) is 8.06. The van der Waals surface area contributed by atoms with E-state index in [1.165, 1.54) is 28.0 Å². The van der Waals surface area contributed by atoms with Crippen molar-refractivity contribution in [3.63, 3.8) is 0 Å². The van der Waals surface area contributed by atoms with Crippen LogP contribution in [0.3, 0.4) is 0 Å². The van der Waals surface area contributed by atoms with E-state index in [1.54, 1.807) is 0 Å². The van der Waals surface area contributed by atoms with Gasteiger partial charge >= 0.3 is 52.8 Å². The summed E-state index contributed by atoms with van der Waals surface area (Å²) in [6, 6.07) is 20.7. The Morgan fingerprint density at radius 2 is 1.19 bits per heavy atom. The molecule has 16 heavy (non-hydrogen) atoms. The van der Waals surface area contributed by atoms with Crippen molar-refractivity contribution in [3.05, 3.63) is 66.2 Å². The number of hydrogen-bond acceptors (Lipinski definition) is 2. The van der Waals surface area contributed by atoms with Crippen LogP contribution in [0.5, 0.6) is 0 Å². The van der Waals surface area contributed by atoms with Gasteiger partial charge in [0, 0.05) is 0 Å². The summed E-state index contributed by atoms with van der Waals surface area (Å²) in [6.45, 7) is 2.08. The van der Waals surface area contributed by atoms with E-state index in [0.29, 0.717) is 0 Å². The van der Waals surface area contributed by atoms with Crippen molar-refractivity contribution in [1.29, 1.82) is 0 Å². The van der Waals surface area contributed by atoms with Crippen molar-refractivity contribution < 1.29 is 22.9 Å². The van der Waals surface area contributed by atoms with Crippen LogP contribution < -0.4 is 4.16 Å². The molecule has 0 saturated heterocycles. The molecule has 0 spiro atoms. The molecule has 1 N–H and O–H groups in total. The first-order valence-electron chi connectivity index (χ1n) is 4.87. The van der Waals surface area contributed by atoms with Crippen LogP contribution in [0.1, 0.15) is 5.56 Å². The van der Waals surface area contributed by atoms with E-state index < -0.39 is 0 Å². The molecule has 0 unspecified atom stereocenters. The van der Waals surface area contributed by atoms with Gasteiger partial charge in [0.05, 0.1) is 0 Å². The van der Waals surface area contributed by atoms with Gasteiger partial charge in [0.25, 0.3) is 0 Å². The molecule has 0 aromatic heterocycles. The Kier molecular flexibility index (Phi) is 10.5.